The van der Waals surface area contributed by atoms with Crippen LogP contribution in [0.4, 0.5) is 5.00 Å². The molecule has 1 atom stereocenters. The van der Waals surface area contributed by atoms with Crippen molar-refractivity contribution in [3.63, 3.8) is 0 Å². The first-order valence-electron chi connectivity index (χ1n) is 13.1. The Balaban J connectivity index is 1.36. The summed E-state index contributed by atoms with van der Waals surface area (Å²) in [7, 11) is 2.05. The van der Waals surface area contributed by atoms with Gasteiger partial charge in [-0.25, -0.2) is 9.97 Å². The SMILES string of the molecule is C[C@@H](c1cccc(-c2ncc(OCC3CCNCC3)cn2)c1)N(C)c1sc2ccc(C#N)cc2c1/C=C\C=O. The molecule has 8 heteroatoms. The van der Waals surface area contributed by atoms with E-state index >= 15 is 0 Å². The van der Waals surface area contributed by atoms with E-state index < -0.39 is 0 Å². The molecule has 198 valence electrons. The molecule has 0 amide bonds. The summed E-state index contributed by atoms with van der Waals surface area (Å²) in [5.41, 5.74) is 3.59. The van der Waals surface area contributed by atoms with Crippen molar-refractivity contribution in [3.8, 4) is 23.2 Å². The molecule has 2 aromatic carbocycles. The lowest BCUT2D eigenvalue weighted by Crippen LogP contribution is -2.30. The number of aldehydes is 1. The highest BCUT2D eigenvalue weighted by atomic mass is 32.1. The lowest BCUT2D eigenvalue weighted by molar-refractivity contribution is -0.104. The average molecular weight is 538 g/mol. The van der Waals surface area contributed by atoms with E-state index in [2.05, 4.69) is 52.4 Å². The van der Waals surface area contributed by atoms with Crippen molar-refractivity contribution >= 4 is 38.8 Å². The van der Waals surface area contributed by atoms with Gasteiger partial charge in [0.15, 0.2) is 11.6 Å². The number of hydrogen-bond acceptors (Lipinski definition) is 8. The Morgan fingerprint density at radius 2 is 2.00 bits per heavy atom. The molecule has 3 heterocycles. The lowest BCUT2D eigenvalue weighted by Gasteiger charge is -2.27. The van der Waals surface area contributed by atoms with Crippen molar-refractivity contribution in [2.75, 3.05) is 31.6 Å². The Hall–Kier alpha value is -4.06. The van der Waals surface area contributed by atoms with E-state index in [4.69, 9.17) is 4.74 Å². The van der Waals surface area contributed by atoms with Crippen LogP contribution in [0.3, 0.4) is 0 Å². The molecule has 1 aliphatic heterocycles. The monoisotopic (exact) mass is 537 g/mol. The zero-order chi connectivity index (χ0) is 27.2. The van der Waals surface area contributed by atoms with Crippen LogP contribution in [-0.2, 0) is 4.79 Å². The molecule has 39 heavy (non-hydrogen) atoms. The topological polar surface area (TPSA) is 91.1 Å². The predicted octanol–water partition coefficient (Wildman–Crippen LogP) is 6.02. The molecule has 4 aromatic rings. The molecule has 1 fully saturated rings. The fraction of sp³-hybridized carbons (Fsp3) is 0.290. The second kappa shape index (κ2) is 12.2. The number of allylic oxidation sites excluding steroid dienone is 1. The molecule has 5 rings (SSSR count). The maximum absolute atomic E-state index is 11.1. The molecule has 0 saturated carbocycles. The van der Waals surface area contributed by atoms with Crippen LogP contribution in [0.15, 0.2) is 60.9 Å². The van der Waals surface area contributed by atoms with Crippen molar-refractivity contribution in [1.29, 1.82) is 5.26 Å². The lowest BCUT2D eigenvalue weighted by atomic mass is 9.99. The Morgan fingerprint density at radius 3 is 2.74 bits per heavy atom. The van der Waals surface area contributed by atoms with Gasteiger partial charge in [0.25, 0.3) is 0 Å². The summed E-state index contributed by atoms with van der Waals surface area (Å²) >= 11 is 1.65. The van der Waals surface area contributed by atoms with E-state index in [0.717, 1.165) is 64.0 Å². The van der Waals surface area contributed by atoms with E-state index in [1.807, 2.05) is 36.4 Å². The maximum Gasteiger partial charge on any atom is 0.159 e. The number of nitriles is 1. The van der Waals surface area contributed by atoms with Gasteiger partial charge in [-0.1, -0.05) is 18.2 Å². The number of carbonyl (C=O) groups excluding carboxylic acids is 1. The van der Waals surface area contributed by atoms with E-state index in [1.165, 1.54) is 6.08 Å². The third kappa shape index (κ3) is 6.00. The minimum Gasteiger partial charge on any atom is -0.490 e. The summed E-state index contributed by atoms with van der Waals surface area (Å²) in [5.74, 6) is 1.92. The molecule has 7 nitrogen and oxygen atoms in total. The van der Waals surface area contributed by atoms with Crippen LogP contribution < -0.4 is 15.0 Å². The molecular formula is C31H31N5O2S. The Bertz CT molecular complexity index is 1520. The van der Waals surface area contributed by atoms with Crippen molar-refractivity contribution in [1.82, 2.24) is 15.3 Å². The zero-order valence-electron chi connectivity index (χ0n) is 22.1. The molecular weight excluding hydrogens is 506 g/mol. The van der Waals surface area contributed by atoms with Crippen LogP contribution in [0.2, 0.25) is 0 Å². The molecule has 0 aliphatic carbocycles. The molecule has 0 radical (unpaired) electrons. The van der Waals surface area contributed by atoms with Crippen LogP contribution in [0.5, 0.6) is 5.75 Å². The summed E-state index contributed by atoms with van der Waals surface area (Å²) in [5, 5.41) is 14.8. The van der Waals surface area contributed by atoms with Gasteiger partial charge in [-0.3, -0.25) is 4.79 Å². The highest BCUT2D eigenvalue weighted by molar-refractivity contribution is 7.23. The van der Waals surface area contributed by atoms with Gasteiger partial charge in [0.1, 0.15) is 6.29 Å². The van der Waals surface area contributed by atoms with E-state index in [-0.39, 0.29) is 6.04 Å². The van der Waals surface area contributed by atoms with Gasteiger partial charge < -0.3 is 15.0 Å². The third-order valence-corrected chi connectivity index (χ3v) is 8.56. The quantitative estimate of drug-likeness (QED) is 0.206. The molecule has 0 spiro atoms. The van der Waals surface area contributed by atoms with Crippen LogP contribution in [0.25, 0.3) is 27.6 Å². The number of carbonyl (C=O) groups is 1. The van der Waals surface area contributed by atoms with Crippen LogP contribution in [0, 0.1) is 17.2 Å². The minimum absolute atomic E-state index is 0.0319. The highest BCUT2D eigenvalue weighted by Crippen LogP contribution is 2.42. The fourth-order valence-electron chi connectivity index (χ4n) is 4.87. The number of aromatic nitrogens is 2. The summed E-state index contributed by atoms with van der Waals surface area (Å²) < 4.78 is 7.02. The smallest absolute Gasteiger partial charge is 0.159 e. The summed E-state index contributed by atoms with van der Waals surface area (Å²) in [6.07, 6.45) is 9.88. The predicted molar refractivity (Wildman–Crippen MR) is 157 cm³/mol. The zero-order valence-corrected chi connectivity index (χ0v) is 22.9. The van der Waals surface area contributed by atoms with Gasteiger partial charge in [-0.15, -0.1) is 11.3 Å². The first-order valence-corrected chi connectivity index (χ1v) is 14.0. The molecule has 1 N–H and O–H groups in total. The van der Waals surface area contributed by atoms with Crippen LogP contribution in [0.1, 0.15) is 42.5 Å². The Kier molecular flexibility index (Phi) is 8.30. The number of hydrogen-bond donors (Lipinski definition) is 1. The van der Waals surface area contributed by atoms with Gasteiger partial charge in [0, 0.05) is 28.3 Å². The maximum atomic E-state index is 11.1. The van der Waals surface area contributed by atoms with Gasteiger partial charge in [0.05, 0.1) is 41.7 Å². The number of ether oxygens (including phenoxy) is 1. The van der Waals surface area contributed by atoms with Gasteiger partial charge in [-0.05, 0) is 80.8 Å². The second-order valence-electron chi connectivity index (χ2n) is 9.80. The number of rotatable bonds is 9. The molecule has 1 aliphatic rings. The van der Waals surface area contributed by atoms with Gasteiger partial charge in [-0.2, -0.15) is 5.26 Å². The molecule has 0 unspecified atom stereocenters. The normalized spacial score (nSPS) is 14.8. The van der Waals surface area contributed by atoms with Crippen molar-refractivity contribution in [2.24, 2.45) is 5.92 Å². The minimum atomic E-state index is 0.0319. The molecule has 1 saturated heterocycles. The number of benzene rings is 2. The first-order chi connectivity index (χ1) is 19.1. The number of anilines is 1. The first kappa shape index (κ1) is 26.5. The molecule has 0 bridgehead atoms. The van der Waals surface area contributed by atoms with E-state index in [0.29, 0.717) is 29.7 Å². The number of piperidine rings is 1. The largest absolute Gasteiger partial charge is 0.490 e. The number of thiophene rings is 1. The van der Waals surface area contributed by atoms with Crippen LogP contribution >= 0.6 is 11.3 Å². The van der Waals surface area contributed by atoms with E-state index in [9.17, 15) is 10.1 Å². The van der Waals surface area contributed by atoms with Gasteiger partial charge in [0.2, 0.25) is 0 Å². The highest BCUT2D eigenvalue weighted by Gasteiger charge is 2.20. The average Bonchev–Trinajstić information content (AvgIpc) is 3.36. The number of fused-ring (bicyclic) bond motifs is 1. The third-order valence-electron chi connectivity index (χ3n) is 7.28. The Labute approximate surface area is 232 Å². The standard InChI is InChI=1S/C31H31N5O2S/c1-21(36(2)31-27(7-4-14-37)28-15-23(17-32)8-9-29(28)39-31)24-5-3-6-25(16-24)30-34-18-26(19-35-30)38-20-22-10-12-33-13-11-22/h3-9,14-16,18-19,21-22,33H,10-13,20H2,1-2H3/b7-4-/t21-/m0/s1. The Morgan fingerprint density at radius 1 is 1.21 bits per heavy atom. The van der Waals surface area contributed by atoms with Crippen molar-refractivity contribution in [3.05, 3.63) is 77.6 Å². The number of nitrogens with one attached hydrogen (secondary N) is 1. The molecule has 2 aromatic heterocycles. The van der Waals surface area contributed by atoms with Crippen LogP contribution in [-0.4, -0.2) is 43.0 Å². The fourth-order valence-corrected chi connectivity index (χ4v) is 6.08. The number of nitrogens with zero attached hydrogens (tertiary/aromatic N) is 4. The van der Waals surface area contributed by atoms with Crippen molar-refractivity contribution < 1.29 is 9.53 Å². The van der Waals surface area contributed by atoms with Gasteiger partial charge >= 0.3 is 0 Å². The summed E-state index contributed by atoms with van der Waals surface area (Å²) in [6, 6.07) is 16.2. The van der Waals surface area contributed by atoms with E-state index in [1.54, 1.807) is 23.7 Å². The summed E-state index contributed by atoms with van der Waals surface area (Å²) in [4.78, 5) is 22.5. The second-order valence-corrected chi connectivity index (χ2v) is 10.8. The van der Waals surface area contributed by atoms with Crippen molar-refractivity contribution in [2.45, 2.75) is 25.8 Å². The summed E-state index contributed by atoms with van der Waals surface area (Å²) in [6.45, 7) is 4.95.